The minimum atomic E-state index is -3.89. The summed E-state index contributed by atoms with van der Waals surface area (Å²) in [5, 5.41) is 8.01. The monoisotopic (exact) mass is 396 g/mol. The summed E-state index contributed by atoms with van der Waals surface area (Å²) in [5.41, 5.74) is 0.219. The van der Waals surface area contributed by atoms with Crippen LogP contribution in [0.1, 0.15) is 22.3 Å². The van der Waals surface area contributed by atoms with Crippen LogP contribution in [-0.2, 0) is 19.7 Å². The van der Waals surface area contributed by atoms with Crippen LogP contribution < -0.4 is 0 Å². The van der Waals surface area contributed by atoms with Crippen molar-refractivity contribution in [3.05, 3.63) is 27.7 Å². The highest BCUT2D eigenvalue weighted by atomic mass is 79.9. The first-order chi connectivity index (χ1) is 9.54. The van der Waals surface area contributed by atoms with E-state index >= 15 is 0 Å². The molecule has 1 fully saturated rings. The van der Waals surface area contributed by atoms with Gasteiger partial charge in [-0.25, -0.2) is 21.6 Å². The van der Waals surface area contributed by atoms with Crippen LogP contribution in [0.3, 0.4) is 0 Å². The van der Waals surface area contributed by atoms with Crippen molar-refractivity contribution in [2.75, 3.05) is 11.5 Å². The molecule has 0 amide bonds. The maximum Gasteiger partial charge on any atom is 0.335 e. The number of hydrogen-bond donors (Lipinski definition) is 1. The predicted octanol–water partition coefficient (Wildman–Crippen LogP) is 1.42. The summed E-state index contributed by atoms with van der Waals surface area (Å²) in [4.78, 5) is 10.9. The van der Waals surface area contributed by atoms with E-state index < -0.39 is 36.6 Å². The number of rotatable bonds is 3. The molecular formula is C12H13BrO6S2. The lowest BCUT2D eigenvalue weighted by Crippen LogP contribution is -2.24. The van der Waals surface area contributed by atoms with Gasteiger partial charge < -0.3 is 5.11 Å². The molecule has 2 rings (SSSR count). The molecule has 1 saturated heterocycles. The van der Waals surface area contributed by atoms with E-state index in [1.807, 2.05) is 0 Å². The molecule has 1 atom stereocenters. The number of carboxylic acids is 1. The van der Waals surface area contributed by atoms with Gasteiger partial charge >= 0.3 is 5.97 Å². The number of halogens is 1. The van der Waals surface area contributed by atoms with Gasteiger partial charge in [0.05, 0.1) is 27.2 Å². The van der Waals surface area contributed by atoms with Crippen molar-refractivity contribution in [3.63, 3.8) is 0 Å². The number of benzene rings is 1. The van der Waals surface area contributed by atoms with Gasteiger partial charge in [-0.1, -0.05) is 15.9 Å². The van der Waals surface area contributed by atoms with Gasteiger partial charge in [-0.15, -0.1) is 0 Å². The van der Waals surface area contributed by atoms with E-state index in [2.05, 4.69) is 15.9 Å². The van der Waals surface area contributed by atoms with Crippen molar-refractivity contribution in [1.29, 1.82) is 0 Å². The Hall–Kier alpha value is -0.930. The SMILES string of the molecule is Cc1c(Br)cc(C(=O)O)cc1S(=O)(=O)C1CCS(=O)(=O)C1. The van der Waals surface area contributed by atoms with Gasteiger partial charge in [-0.05, 0) is 31.0 Å². The van der Waals surface area contributed by atoms with Crippen molar-refractivity contribution < 1.29 is 26.7 Å². The first-order valence-corrected chi connectivity index (χ1v) is 10.2. The maximum absolute atomic E-state index is 12.6. The van der Waals surface area contributed by atoms with Crippen LogP contribution in [0.5, 0.6) is 0 Å². The molecule has 1 aromatic carbocycles. The average molecular weight is 397 g/mol. The first-order valence-electron chi connectivity index (χ1n) is 6.02. The fraction of sp³-hybridized carbons (Fsp3) is 0.417. The van der Waals surface area contributed by atoms with Crippen molar-refractivity contribution in [2.45, 2.75) is 23.5 Å². The summed E-state index contributed by atoms with van der Waals surface area (Å²) in [6, 6.07) is 2.41. The standard InChI is InChI=1S/C12H13BrO6S2/c1-7-10(13)4-8(12(14)15)5-11(7)21(18,19)9-2-3-20(16,17)6-9/h4-5,9H,2-3,6H2,1H3,(H,14,15). The van der Waals surface area contributed by atoms with E-state index in [1.165, 1.54) is 6.07 Å². The molecule has 1 aliphatic heterocycles. The zero-order valence-corrected chi connectivity index (χ0v) is 14.3. The Kier molecular flexibility index (Phi) is 4.20. The zero-order chi connectivity index (χ0) is 16.0. The normalized spacial score (nSPS) is 21.3. The highest BCUT2D eigenvalue weighted by Gasteiger charge is 2.39. The van der Waals surface area contributed by atoms with Crippen LogP contribution in [0.4, 0.5) is 0 Å². The van der Waals surface area contributed by atoms with Crippen LogP contribution in [0.15, 0.2) is 21.5 Å². The highest BCUT2D eigenvalue weighted by Crippen LogP contribution is 2.31. The third kappa shape index (κ3) is 3.14. The van der Waals surface area contributed by atoms with E-state index in [1.54, 1.807) is 6.92 Å². The van der Waals surface area contributed by atoms with Crippen LogP contribution in [-0.4, -0.2) is 44.7 Å². The summed E-state index contributed by atoms with van der Waals surface area (Å²) >= 11 is 3.14. The molecular weight excluding hydrogens is 384 g/mol. The number of aromatic carboxylic acids is 1. The topological polar surface area (TPSA) is 106 Å². The third-order valence-corrected chi connectivity index (χ3v) is 8.60. The lowest BCUT2D eigenvalue weighted by atomic mass is 10.1. The van der Waals surface area contributed by atoms with Crippen LogP contribution in [0.25, 0.3) is 0 Å². The van der Waals surface area contributed by atoms with E-state index in [0.717, 1.165) is 6.07 Å². The Labute approximate surface area is 131 Å². The van der Waals surface area contributed by atoms with Crippen molar-refractivity contribution in [2.24, 2.45) is 0 Å². The van der Waals surface area contributed by atoms with Gasteiger partial charge in [-0.3, -0.25) is 0 Å². The number of carboxylic acid groups (broad SMARTS) is 1. The zero-order valence-electron chi connectivity index (χ0n) is 11.0. The summed E-state index contributed by atoms with van der Waals surface area (Å²) in [6.07, 6.45) is 0.0407. The molecule has 1 unspecified atom stereocenters. The highest BCUT2D eigenvalue weighted by molar-refractivity contribution is 9.10. The van der Waals surface area contributed by atoms with Gasteiger partial charge in [0.2, 0.25) is 0 Å². The van der Waals surface area contributed by atoms with Gasteiger partial charge in [-0.2, -0.15) is 0 Å². The second-order valence-electron chi connectivity index (χ2n) is 4.96. The predicted molar refractivity (Wildman–Crippen MR) is 80.1 cm³/mol. The first kappa shape index (κ1) is 16.4. The summed E-state index contributed by atoms with van der Waals surface area (Å²) in [7, 11) is -7.23. The Morgan fingerprint density at radius 3 is 2.48 bits per heavy atom. The molecule has 0 radical (unpaired) electrons. The molecule has 6 nitrogen and oxygen atoms in total. The molecule has 0 bridgehead atoms. The number of hydrogen-bond acceptors (Lipinski definition) is 5. The van der Waals surface area contributed by atoms with E-state index in [0.29, 0.717) is 10.0 Å². The molecule has 0 aliphatic carbocycles. The molecule has 0 aromatic heterocycles. The molecule has 21 heavy (non-hydrogen) atoms. The van der Waals surface area contributed by atoms with Crippen LogP contribution in [0.2, 0.25) is 0 Å². The maximum atomic E-state index is 12.6. The van der Waals surface area contributed by atoms with Gasteiger partial charge in [0, 0.05) is 4.47 Å². The van der Waals surface area contributed by atoms with Crippen molar-refractivity contribution >= 4 is 41.6 Å². The minimum Gasteiger partial charge on any atom is -0.478 e. The second-order valence-corrected chi connectivity index (χ2v) is 10.2. The Morgan fingerprint density at radius 1 is 1.38 bits per heavy atom. The molecule has 9 heteroatoms. The molecule has 1 N–H and O–H groups in total. The van der Waals surface area contributed by atoms with E-state index in [-0.39, 0.29) is 22.6 Å². The quantitative estimate of drug-likeness (QED) is 0.827. The van der Waals surface area contributed by atoms with Crippen LogP contribution in [0, 0.1) is 6.92 Å². The summed E-state index contributed by atoms with van der Waals surface area (Å²) in [6.45, 7) is 1.55. The molecule has 1 aliphatic rings. The fourth-order valence-corrected chi connectivity index (χ4v) is 7.50. The lowest BCUT2D eigenvalue weighted by molar-refractivity contribution is 0.0696. The fourth-order valence-electron chi connectivity index (χ4n) is 2.26. The largest absolute Gasteiger partial charge is 0.478 e. The molecule has 1 heterocycles. The van der Waals surface area contributed by atoms with Gasteiger partial charge in [0.1, 0.15) is 0 Å². The van der Waals surface area contributed by atoms with Gasteiger partial charge in [0.25, 0.3) is 0 Å². The number of sulfone groups is 2. The van der Waals surface area contributed by atoms with Crippen molar-refractivity contribution in [1.82, 2.24) is 0 Å². The summed E-state index contributed by atoms with van der Waals surface area (Å²) in [5.74, 6) is -1.81. The Bertz CT molecular complexity index is 810. The summed E-state index contributed by atoms with van der Waals surface area (Å²) < 4.78 is 48.5. The molecule has 116 valence electrons. The van der Waals surface area contributed by atoms with Gasteiger partial charge in [0.15, 0.2) is 19.7 Å². The minimum absolute atomic E-state index is 0.0407. The molecule has 0 saturated carbocycles. The van der Waals surface area contributed by atoms with E-state index in [9.17, 15) is 21.6 Å². The average Bonchev–Trinajstić information content (AvgIpc) is 2.73. The molecule has 0 spiro atoms. The lowest BCUT2D eigenvalue weighted by Gasteiger charge is -2.14. The third-order valence-electron chi connectivity index (χ3n) is 3.48. The number of carbonyl (C=O) groups is 1. The van der Waals surface area contributed by atoms with Crippen molar-refractivity contribution in [3.8, 4) is 0 Å². The smallest absolute Gasteiger partial charge is 0.335 e. The molecule has 1 aromatic rings. The Balaban J connectivity index is 2.58. The van der Waals surface area contributed by atoms with E-state index in [4.69, 9.17) is 5.11 Å². The second kappa shape index (κ2) is 5.36. The van der Waals surface area contributed by atoms with Crippen LogP contribution >= 0.6 is 15.9 Å². The Morgan fingerprint density at radius 2 is 2.00 bits per heavy atom.